The lowest BCUT2D eigenvalue weighted by atomic mass is 10.0. The van der Waals surface area contributed by atoms with Crippen LogP contribution in [0.2, 0.25) is 0 Å². The van der Waals surface area contributed by atoms with Crippen LogP contribution in [0.25, 0.3) is 11.4 Å². The molecule has 0 radical (unpaired) electrons. The molecule has 0 aliphatic heterocycles. The number of carbonyl (C=O) groups excluding carboxylic acids is 2. The van der Waals surface area contributed by atoms with E-state index in [1.165, 1.54) is 14.0 Å². The minimum atomic E-state index is -0.407. The summed E-state index contributed by atoms with van der Waals surface area (Å²) in [4.78, 5) is 32.5. The number of rotatable bonds is 11. The van der Waals surface area contributed by atoms with Gasteiger partial charge in [0.05, 0.1) is 13.7 Å². The van der Waals surface area contributed by atoms with Crippen molar-refractivity contribution in [3.05, 3.63) is 54.2 Å². The lowest BCUT2D eigenvalue weighted by Crippen LogP contribution is -2.32. The first-order chi connectivity index (χ1) is 15.9. The average molecular weight is 453 g/mol. The highest BCUT2D eigenvalue weighted by molar-refractivity contribution is 5.94. The molecule has 33 heavy (non-hydrogen) atoms. The second-order valence-corrected chi connectivity index (χ2v) is 7.86. The molecular formula is C24H28N4O5. The van der Waals surface area contributed by atoms with Gasteiger partial charge in [-0.15, -0.1) is 0 Å². The molecule has 9 heteroatoms. The number of carbonyl (C=O) groups is 2. The minimum absolute atomic E-state index is 0.0509. The van der Waals surface area contributed by atoms with Gasteiger partial charge in [0.15, 0.2) is 17.3 Å². The van der Waals surface area contributed by atoms with Crippen LogP contribution in [0, 0.1) is 5.92 Å². The summed E-state index contributed by atoms with van der Waals surface area (Å²) in [5.41, 5.74) is 1.29. The number of ketones is 1. The monoisotopic (exact) mass is 452 g/mol. The first-order valence-corrected chi connectivity index (χ1v) is 10.7. The lowest BCUT2D eigenvalue weighted by molar-refractivity contribution is -0.122. The predicted octanol–water partition coefficient (Wildman–Crippen LogP) is 4.02. The predicted molar refractivity (Wildman–Crippen MR) is 121 cm³/mol. The van der Waals surface area contributed by atoms with E-state index < -0.39 is 6.04 Å². The van der Waals surface area contributed by atoms with E-state index in [1.807, 2.05) is 19.9 Å². The van der Waals surface area contributed by atoms with Crippen LogP contribution >= 0.6 is 0 Å². The minimum Gasteiger partial charge on any atom is -0.493 e. The number of benzene rings is 1. The molecule has 0 spiro atoms. The van der Waals surface area contributed by atoms with Gasteiger partial charge in [0, 0.05) is 29.9 Å². The van der Waals surface area contributed by atoms with Gasteiger partial charge < -0.3 is 19.3 Å². The van der Waals surface area contributed by atoms with Crippen LogP contribution in [0.4, 0.5) is 0 Å². The summed E-state index contributed by atoms with van der Waals surface area (Å²) in [6, 6.07) is 8.25. The topological polar surface area (TPSA) is 116 Å². The van der Waals surface area contributed by atoms with Gasteiger partial charge in [-0.1, -0.05) is 19.0 Å². The number of methoxy groups -OCH3 is 1. The van der Waals surface area contributed by atoms with Gasteiger partial charge in [0.1, 0.15) is 6.04 Å². The van der Waals surface area contributed by atoms with E-state index in [0.717, 1.165) is 5.56 Å². The Balaban J connectivity index is 1.53. The number of aromatic nitrogens is 3. The summed E-state index contributed by atoms with van der Waals surface area (Å²) < 4.78 is 16.4. The zero-order chi connectivity index (χ0) is 23.8. The fourth-order valence-electron chi connectivity index (χ4n) is 3.15. The maximum absolute atomic E-state index is 12.5. The van der Waals surface area contributed by atoms with Gasteiger partial charge >= 0.3 is 0 Å². The smallest absolute Gasteiger partial charge is 0.249 e. The van der Waals surface area contributed by atoms with E-state index in [-0.39, 0.29) is 24.0 Å². The first kappa shape index (κ1) is 23.9. The zero-order valence-electron chi connectivity index (χ0n) is 19.2. The second kappa shape index (κ2) is 11.2. The number of hydrogen-bond acceptors (Lipinski definition) is 8. The third kappa shape index (κ3) is 6.38. The van der Waals surface area contributed by atoms with Gasteiger partial charge in [-0.05, 0) is 49.6 Å². The highest BCUT2D eigenvalue weighted by Gasteiger charge is 2.24. The van der Waals surface area contributed by atoms with E-state index in [1.54, 1.807) is 36.7 Å². The zero-order valence-corrected chi connectivity index (χ0v) is 19.2. The largest absolute Gasteiger partial charge is 0.493 e. The van der Waals surface area contributed by atoms with Crippen LogP contribution in [0.1, 0.15) is 55.9 Å². The molecule has 1 unspecified atom stereocenters. The SMILES string of the molecule is COc1cc(C(C)=O)ccc1OCCCC(=O)NC(c1nc(-c2cccnc2)no1)C(C)C. The number of Topliss-reactive ketones (excluding diaryl/α,β-unsaturated/α-hetero) is 1. The Morgan fingerprint density at radius 1 is 1.18 bits per heavy atom. The molecule has 9 nitrogen and oxygen atoms in total. The van der Waals surface area contributed by atoms with E-state index in [2.05, 4.69) is 20.4 Å². The maximum atomic E-state index is 12.5. The van der Waals surface area contributed by atoms with Gasteiger partial charge in [0.25, 0.3) is 0 Å². The molecule has 0 fully saturated rings. The van der Waals surface area contributed by atoms with E-state index in [4.69, 9.17) is 14.0 Å². The number of hydrogen-bond donors (Lipinski definition) is 1. The molecule has 3 rings (SSSR count). The van der Waals surface area contributed by atoms with Crippen LogP contribution in [-0.4, -0.2) is 40.5 Å². The third-order valence-electron chi connectivity index (χ3n) is 4.99. The molecule has 1 N–H and O–H groups in total. The molecule has 1 aromatic carbocycles. The molecule has 1 atom stereocenters. The molecule has 0 aliphatic carbocycles. The van der Waals surface area contributed by atoms with Crippen molar-refractivity contribution in [2.75, 3.05) is 13.7 Å². The summed E-state index contributed by atoms with van der Waals surface area (Å²) >= 11 is 0. The number of ether oxygens (including phenoxy) is 2. The van der Waals surface area contributed by atoms with Crippen LogP contribution in [0.15, 0.2) is 47.2 Å². The van der Waals surface area contributed by atoms with Crippen molar-refractivity contribution in [2.24, 2.45) is 5.92 Å². The van der Waals surface area contributed by atoms with Crippen molar-refractivity contribution in [3.8, 4) is 22.9 Å². The molecule has 174 valence electrons. The molecule has 2 heterocycles. The molecule has 3 aromatic rings. The Bertz CT molecular complexity index is 1080. The van der Waals surface area contributed by atoms with Gasteiger partial charge in [-0.2, -0.15) is 4.98 Å². The molecule has 2 aromatic heterocycles. The van der Waals surface area contributed by atoms with E-state index in [0.29, 0.717) is 41.8 Å². The Hall–Kier alpha value is -3.75. The Kier molecular flexibility index (Phi) is 8.12. The number of nitrogens with one attached hydrogen (secondary N) is 1. The molecule has 0 aliphatic rings. The quantitative estimate of drug-likeness (QED) is 0.343. The van der Waals surface area contributed by atoms with Crippen LogP contribution < -0.4 is 14.8 Å². The van der Waals surface area contributed by atoms with Crippen molar-refractivity contribution in [1.82, 2.24) is 20.4 Å². The molecule has 0 saturated carbocycles. The number of amides is 1. The highest BCUT2D eigenvalue weighted by atomic mass is 16.5. The summed E-state index contributed by atoms with van der Waals surface area (Å²) in [5, 5.41) is 6.98. The van der Waals surface area contributed by atoms with Crippen molar-refractivity contribution >= 4 is 11.7 Å². The summed E-state index contributed by atoms with van der Waals surface area (Å²) in [6.45, 7) is 5.76. The molecule has 0 bridgehead atoms. The van der Waals surface area contributed by atoms with Crippen LogP contribution in [0.3, 0.4) is 0 Å². The summed E-state index contributed by atoms with van der Waals surface area (Å²) in [7, 11) is 1.52. The average Bonchev–Trinajstić information content (AvgIpc) is 3.30. The Morgan fingerprint density at radius 2 is 2.00 bits per heavy atom. The fourth-order valence-corrected chi connectivity index (χ4v) is 3.15. The van der Waals surface area contributed by atoms with Crippen molar-refractivity contribution in [1.29, 1.82) is 0 Å². The number of pyridine rings is 1. The first-order valence-electron chi connectivity index (χ1n) is 10.7. The Labute approximate surface area is 192 Å². The molecular weight excluding hydrogens is 424 g/mol. The lowest BCUT2D eigenvalue weighted by Gasteiger charge is -2.18. The third-order valence-corrected chi connectivity index (χ3v) is 4.99. The highest BCUT2D eigenvalue weighted by Crippen LogP contribution is 2.28. The molecule has 0 saturated heterocycles. The van der Waals surface area contributed by atoms with Gasteiger partial charge in [-0.3, -0.25) is 14.6 Å². The standard InChI is InChI=1S/C24H28N4O5/c1-15(2)22(24-27-23(28-33-24)18-7-5-11-25-14-18)26-21(30)8-6-12-32-19-10-9-17(16(3)29)13-20(19)31-4/h5,7,9-11,13-15,22H,6,8,12H2,1-4H3,(H,26,30). The van der Waals surface area contributed by atoms with Gasteiger partial charge in [0.2, 0.25) is 17.6 Å². The maximum Gasteiger partial charge on any atom is 0.249 e. The van der Waals surface area contributed by atoms with Gasteiger partial charge in [-0.25, -0.2) is 0 Å². The van der Waals surface area contributed by atoms with Crippen molar-refractivity contribution in [2.45, 2.75) is 39.7 Å². The summed E-state index contributed by atoms with van der Waals surface area (Å²) in [5.74, 6) is 1.64. The fraction of sp³-hybridized carbons (Fsp3) is 0.375. The van der Waals surface area contributed by atoms with Crippen molar-refractivity contribution < 1.29 is 23.6 Å². The summed E-state index contributed by atoms with van der Waals surface area (Å²) in [6.07, 6.45) is 4.09. The molecule has 1 amide bonds. The van der Waals surface area contributed by atoms with Crippen LogP contribution in [-0.2, 0) is 4.79 Å². The van der Waals surface area contributed by atoms with E-state index in [9.17, 15) is 9.59 Å². The number of nitrogens with zero attached hydrogens (tertiary/aromatic N) is 3. The van der Waals surface area contributed by atoms with Crippen LogP contribution in [0.5, 0.6) is 11.5 Å². The normalized spacial score (nSPS) is 11.8. The second-order valence-electron chi connectivity index (χ2n) is 7.86. The Morgan fingerprint density at radius 3 is 2.67 bits per heavy atom. The van der Waals surface area contributed by atoms with E-state index >= 15 is 0 Å². The van der Waals surface area contributed by atoms with Crippen molar-refractivity contribution in [3.63, 3.8) is 0 Å².